The minimum absolute atomic E-state index is 0.0115. The Balaban J connectivity index is 1.30. The Labute approximate surface area is 210 Å². The fourth-order valence-electron chi connectivity index (χ4n) is 7.03. The summed E-state index contributed by atoms with van der Waals surface area (Å²) in [5.74, 6) is -2.30. The van der Waals surface area contributed by atoms with Crippen molar-refractivity contribution in [2.45, 2.75) is 28.8 Å². The lowest BCUT2D eigenvalue weighted by Crippen LogP contribution is -2.42. The Morgan fingerprint density at radius 3 is 2.53 bits per heavy atom. The summed E-state index contributed by atoms with van der Waals surface area (Å²) in [7, 11) is 0. The van der Waals surface area contributed by atoms with Gasteiger partial charge in [0.2, 0.25) is 11.8 Å². The number of rotatable bonds is 2. The van der Waals surface area contributed by atoms with Gasteiger partial charge in [0.1, 0.15) is 0 Å². The van der Waals surface area contributed by atoms with Crippen molar-refractivity contribution in [3.05, 3.63) is 74.5 Å². The zero-order valence-corrected chi connectivity index (χ0v) is 20.1. The van der Waals surface area contributed by atoms with Crippen LogP contribution in [0.5, 0.6) is 0 Å². The number of aromatic nitrogens is 2. The molecule has 6 nitrogen and oxygen atoms in total. The predicted octanol–water partition coefficient (Wildman–Crippen LogP) is 4.53. The summed E-state index contributed by atoms with van der Waals surface area (Å²) in [5, 5.41) is 0.813. The molecular weight excluding hydrogens is 511 g/mol. The van der Waals surface area contributed by atoms with Crippen molar-refractivity contribution >= 4 is 40.6 Å². The molecule has 3 aromatic rings. The number of benzene rings is 1. The number of alkyl halides is 3. The second-order valence-corrected chi connectivity index (χ2v) is 12.0. The predicted molar refractivity (Wildman–Crippen MR) is 127 cm³/mol. The number of halogens is 3. The number of H-pyrrole nitrogens is 1. The molecular formula is C25H18F3N3O3S2. The molecule has 0 radical (unpaired) electrons. The molecule has 2 saturated carbocycles. The molecule has 2 aliphatic heterocycles. The zero-order chi connectivity index (χ0) is 24.9. The highest BCUT2D eigenvalue weighted by atomic mass is 32.2. The lowest BCUT2D eigenvalue weighted by molar-refractivity contribution is -0.137. The second kappa shape index (κ2) is 7.55. The number of nitrogens with one attached hydrogen (secondary N) is 1. The number of amides is 2. The smallest absolute Gasteiger partial charge is 0.307 e. The van der Waals surface area contributed by atoms with E-state index in [1.165, 1.54) is 23.5 Å². The zero-order valence-electron chi connectivity index (χ0n) is 18.4. The van der Waals surface area contributed by atoms with Gasteiger partial charge in [0.15, 0.2) is 0 Å². The summed E-state index contributed by atoms with van der Waals surface area (Å²) in [5.41, 5.74) is 0.0336. The van der Waals surface area contributed by atoms with E-state index in [4.69, 9.17) is 0 Å². The average molecular weight is 530 g/mol. The summed E-state index contributed by atoms with van der Waals surface area (Å²) in [6.07, 6.45) is -0.400. The van der Waals surface area contributed by atoms with Gasteiger partial charge in [0, 0.05) is 28.4 Å². The number of hydrogen-bond donors (Lipinski definition) is 1. The number of thiazole rings is 1. The van der Waals surface area contributed by atoms with E-state index in [1.54, 1.807) is 24.2 Å². The maximum absolute atomic E-state index is 13.7. The highest BCUT2D eigenvalue weighted by Crippen LogP contribution is 2.68. The van der Waals surface area contributed by atoms with Gasteiger partial charge in [0.05, 0.1) is 28.1 Å². The van der Waals surface area contributed by atoms with Crippen molar-refractivity contribution in [3.8, 4) is 0 Å². The first-order valence-electron chi connectivity index (χ1n) is 11.6. The summed E-state index contributed by atoms with van der Waals surface area (Å²) < 4.78 is 40.0. The topological polar surface area (TPSA) is 83.1 Å². The number of fused-ring (bicyclic) bond motifs is 9. The number of nitrogens with zero attached hydrogens (tertiary/aromatic N) is 2. The molecule has 36 heavy (non-hydrogen) atoms. The third-order valence-corrected chi connectivity index (χ3v) is 10.8. The second-order valence-electron chi connectivity index (χ2n) is 9.81. The van der Waals surface area contributed by atoms with Gasteiger partial charge in [-0.1, -0.05) is 23.5 Å². The molecule has 2 amide bonds. The molecule has 4 heterocycles. The SMILES string of the molecule is O=C1[C@@H]2[C@H]3C[C@@H]([C@@H]2C(=O)N1c1cccc(C(F)(F)F)c1)[C@@H]1[C@@H](c2cccnc2)c2sc(=O)[nH]c2S[C@@H]31. The van der Waals surface area contributed by atoms with Crippen molar-refractivity contribution < 1.29 is 22.8 Å². The van der Waals surface area contributed by atoms with Crippen LogP contribution in [0, 0.1) is 29.6 Å². The third kappa shape index (κ3) is 2.98. The fraction of sp³-hybridized carbons (Fsp3) is 0.360. The van der Waals surface area contributed by atoms with Crippen molar-refractivity contribution in [2.24, 2.45) is 29.6 Å². The van der Waals surface area contributed by atoms with E-state index in [1.807, 2.05) is 12.1 Å². The number of pyridine rings is 1. The molecule has 3 fully saturated rings. The standard InChI is InChI=1S/C25H18F3N3O3S2/c26-25(27,28)11-4-1-5-12(7-11)31-22(32)17-13-8-14(18(17)23(31)33)19-16(13)15(10-3-2-6-29-9-10)20-21(35-19)30-24(34)36-20/h1-7,9,13-19H,8H2,(H,30,34)/t13-,14-,15-,16-,17+,18-,19+/m1/s1. The van der Waals surface area contributed by atoms with Crippen molar-refractivity contribution in [2.75, 3.05) is 4.90 Å². The van der Waals surface area contributed by atoms with Gasteiger partial charge in [-0.25, -0.2) is 0 Å². The van der Waals surface area contributed by atoms with Crippen molar-refractivity contribution in [1.82, 2.24) is 9.97 Å². The number of imide groups is 1. The van der Waals surface area contributed by atoms with E-state index >= 15 is 0 Å². The number of aromatic amines is 1. The van der Waals surface area contributed by atoms with E-state index < -0.39 is 35.4 Å². The van der Waals surface area contributed by atoms with Gasteiger partial charge in [-0.3, -0.25) is 24.3 Å². The first kappa shape index (κ1) is 22.3. The molecule has 1 saturated heterocycles. The van der Waals surface area contributed by atoms with E-state index in [0.717, 1.165) is 32.5 Å². The highest BCUT2D eigenvalue weighted by Gasteiger charge is 2.69. The molecule has 2 aliphatic carbocycles. The number of carbonyl (C=O) groups excluding carboxylic acids is 2. The normalized spacial score (nSPS) is 32.5. The summed E-state index contributed by atoms with van der Waals surface area (Å²) in [4.78, 5) is 48.5. The molecule has 0 unspecified atom stereocenters. The number of thioether (sulfide) groups is 1. The Bertz CT molecular complexity index is 1470. The van der Waals surface area contributed by atoms with Crippen molar-refractivity contribution in [3.63, 3.8) is 0 Å². The van der Waals surface area contributed by atoms with Gasteiger partial charge in [-0.05, 0) is 54.0 Å². The summed E-state index contributed by atoms with van der Waals surface area (Å²) in [6.45, 7) is 0. The van der Waals surface area contributed by atoms with Gasteiger partial charge >= 0.3 is 11.0 Å². The molecule has 2 bridgehead atoms. The molecule has 0 spiro atoms. The summed E-state index contributed by atoms with van der Waals surface area (Å²) >= 11 is 2.74. The average Bonchev–Trinajstić information content (AvgIpc) is 3.58. The van der Waals surface area contributed by atoms with E-state index in [-0.39, 0.29) is 39.5 Å². The first-order chi connectivity index (χ1) is 17.2. The van der Waals surface area contributed by atoms with Gasteiger partial charge in [-0.15, -0.1) is 11.8 Å². The molecule has 11 heteroatoms. The van der Waals surface area contributed by atoms with Crippen molar-refractivity contribution in [1.29, 1.82) is 0 Å². The fourth-order valence-corrected chi connectivity index (χ4v) is 9.91. The maximum Gasteiger partial charge on any atom is 0.416 e. The lowest BCUT2D eigenvalue weighted by Gasteiger charge is -2.42. The van der Waals surface area contributed by atoms with Crippen LogP contribution in [-0.4, -0.2) is 27.0 Å². The van der Waals surface area contributed by atoms with Crippen LogP contribution >= 0.6 is 23.1 Å². The van der Waals surface area contributed by atoms with E-state index in [2.05, 4.69) is 9.97 Å². The van der Waals surface area contributed by atoms with Crippen LogP contribution in [0.1, 0.15) is 28.3 Å². The Morgan fingerprint density at radius 2 is 1.81 bits per heavy atom. The van der Waals surface area contributed by atoms with Crippen LogP contribution in [0.25, 0.3) is 0 Å². The molecule has 7 atom stereocenters. The van der Waals surface area contributed by atoms with Crippen LogP contribution in [0.2, 0.25) is 0 Å². The molecule has 1 N–H and O–H groups in total. The minimum Gasteiger partial charge on any atom is -0.307 e. The molecule has 7 rings (SSSR count). The maximum atomic E-state index is 13.7. The molecule has 184 valence electrons. The molecule has 4 aliphatic rings. The third-order valence-electron chi connectivity index (χ3n) is 8.20. The van der Waals surface area contributed by atoms with Crippen LogP contribution in [0.3, 0.4) is 0 Å². The molecule has 2 aromatic heterocycles. The summed E-state index contributed by atoms with van der Waals surface area (Å²) in [6, 6.07) is 8.24. The monoisotopic (exact) mass is 529 g/mol. The van der Waals surface area contributed by atoms with E-state index in [9.17, 15) is 27.6 Å². The highest BCUT2D eigenvalue weighted by molar-refractivity contribution is 8.00. The van der Waals surface area contributed by atoms with Crippen LogP contribution in [0.4, 0.5) is 18.9 Å². The molecule has 1 aromatic carbocycles. The van der Waals surface area contributed by atoms with Gasteiger partial charge in [-0.2, -0.15) is 13.2 Å². The van der Waals surface area contributed by atoms with Gasteiger partial charge < -0.3 is 4.98 Å². The van der Waals surface area contributed by atoms with Crippen LogP contribution < -0.4 is 9.77 Å². The minimum atomic E-state index is -4.58. The number of hydrogen-bond acceptors (Lipinski definition) is 6. The van der Waals surface area contributed by atoms with Gasteiger partial charge in [0.25, 0.3) is 0 Å². The Kier molecular flexibility index (Phi) is 4.67. The van der Waals surface area contributed by atoms with Crippen LogP contribution in [-0.2, 0) is 15.8 Å². The quantitative estimate of drug-likeness (QED) is 0.494. The van der Waals surface area contributed by atoms with E-state index in [0.29, 0.717) is 6.42 Å². The van der Waals surface area contributed by atoms with Crippen LogP contribution in [0.15, 0.2) is 58.6 Å². The Morgan fingerprint density at radius 1 is 1.03 bits per heavy atom. The first-order valence-corrected chi connectivity index (χ1v) is 13.3. The Hall–Kier alpha value is -2.92. The number of anilines is 1. The lowest BCUT2D eigenvalue weighted by atomic mass is 9.68. The largest absolute Gasteiger partial charge is 0.416 e. The number of carbonyl (C=O) groups is 2.